The molecule has 9 nitrogen and oxygen atoms in total. The number of unbranched alkanes of at least 4 members (excludes halogenated alkanes) is 1. The second-order valence-electron chi connectivity index (χ2n) is 8.86. The molecule has 174 valence electrons. The molecule has 1 aromatic carbocycles. The fourth-order valence-electron chi connectivity index (χ4n) is 4.51. The van der Waals surface area contributed by atoms with Crippen LogP contribution < -0.4 is 5.32 Å². The number of carboxylic acids is 1. The van der Waals surface area contributed by atoms with Gasteiger partial charge in [-0.3, -0.25) is 9.78 Å². The quantitative estimate of drug-likeness (QED) is 0.370. The average molecular weight is 451 g/mol. The van der Waals surface area contributed by atoms with Gasteiger partial charge < -0.3 is 15.5 Å². The highest BCUT2D eigenvalue weighted by atomic mass is 16.4. The van der Waals surface area contributed by atoms with Gasteiger partial charge in [-0.1, -0.05) is 62.2 Å². The maximum absolute atomic E-state index is 12.1. The Kier molecular flexibility index (Phi) is 6.80. The minimum atomic E-state index is -0.849. The Balaban J connectivity index is 1.56. The average Bonchev–Trinajstić information content (AvgIpc) is 3.34. The molecule has 0 aliphatic carbocycles. The minimum Gasteiger partial charge on any atom is -0.481 e. The Morgan fingerprint density at radius 1 is 1.18 bits per heavy atom. The van der Waals surface area contributed by atoms with Crippen molar-refractivity contribution in [2.24, 2.45) is 5.92 Å². The number of H-pyrrole nitrogens is 1. The van der Waals surface area contributed by atoms with E-state index in [2.05, 4.69) is 30.9 Å². The van der Waals surface area contributed by atoms with Crippen molar-refractivity contribution < 1.29 is 15.0 Å². The zero-order chi connectivity index (χ0) is 23.4. The van der Waals surface area contributed by atoms with E-state index in [1.54, 1.807) is 6.20 Å². The number of aromatic amines is 1. The number of tetrazole rings is 1. The van der Waals surface area contributed by atoms with Crippen LogP contribution in [0.15, 0.2) is 42.6 Å². The number of carboxylic acid groups (broad SMARTS) is 1. The van der Waals surface area contributed by atoms with Gasteiger partial charge in [-0.15, -0.1) is 10.2 Å². The van der Waals surface area contributed by atoms with Gasteiger partial charge in [0.2, 0.25) is 0 Å². The molecule has 3 heterocycles. The van der Waals surface area contributed by atoms with Gasteiger partial charge in [0.1, 0.15) is 5.60 Å². The van der Waals surface area contributed by atoms with E-state index in [9.17, 15) is 15.0 Å². The van der Waals surface area contributed by atoms with Gasteiger partial charge in [0, 0.05) is 30.8 Å². The van der Waals surface area contributed by atoms with E-state index < -0.39 is 23.4 Å². The molecule has 1 fully saturated rings. The van der Waals surface area contributed by atoms with Gasteiger partial charge in [-0.2, -0.15) is 5.21 Å². The lowest BCUT2D eigenvalue weighted by Crippen LogP contribution is -2.56. The van der Waals surface area contributed by atoms with Crippen molar-refractivity contribution in [3.63, 3.8) is 0 Å². The Morgan fingerprint density at radius 2 is 1.94 bits per heavy atom. The van der Waals surface area contributed by atoms with Crippen LogP contribution in [-0.2, 0) is 10.4 Å². The molecular formula is C24H30N6O3. The number of aromatic nitrogens is 5. The first kappa shape index (κ1) is 23.0. The monoisotopic (exact) mass is 450 g/mol. The SMILES string of the molecule is CCCCC(C(=O)O)C(c1nn[nH]n1)C(C)c1ccc(-c2ccc(C3(O)CNC3)cc2)nc1. The molecule has 1 saturated heterocycles. The van der Waals surface area contributed by atoms with Crippen molar-refractivity contribution in [1.29, 1.82) is 0 Å². The molecule has 0 radical (unpaired) electrons. The summed E-state index contributed by atoms with van der Waals surface area (Å²) >= 11 is 0. The molecule has 1 aliphatic heterocycles. The molecular weight excluding hydrogens is 420 g/mol. The highest BCUT2D eigenvalue weighted by Gasteiger charge is 2.37. The summed E-state index contributed by atoms with van der Waals surface area (Å²) in [6.45, 7) is 5.16. The molecule has 33 heavy (non-hydrogen) atoms. The Morgan fingerprint density at radius 3 is 2.45 bits per heavy atom. The largest absolute Gasteiger partial charge is 0.481 e. The van der Waals surface area contributed by atoms with Gasteiger partial charge in [0.05, 0.1) is 11.6 Å². The Bertz CT molecular complexity index is 1050. The van der Waals surface area contributed by atoms with Gasteiger partial charge in [-0.05, 0) is 29.5 Å². The van der Waals surface area contributed by atoms with Gasteiger partial charge in [0.15, 0.2) is 5.82 Å². The maximum Gasteiger partial charge on any atom is 0.307 e. The second kappa shape index (κ2) is 9.76. The number of nitrogens with one attached hydrogen (secondary N) is 2. The molecule has 0 saturated carbocycles. The van der Waals surface area contributed by atoms with Crippen molar-refractivity contribution in [3.05, 3.63) is 59.5 Å². The third-order valence-electron chi connectivity index (χ3n) is 6.68. The Hall–Kier alpha value is -3.17. The van der Waals surface area contributed by atoms with Gasteiger partial charge >= 0.3 is 5.97 Å². The summed E-state index contributed by atoms with van der Waals surface area (Å²) in [5.41, 5.74) is 2.80. The fraction of sp³-hybridized carbons (Fsp3) is 0.458. The first-order valence-corrected chi connectivity index (χ1v) is 11.4. The van der Waals surface area contributed by atoms with E-state index in [4.69, 9.17) is 0 Å². The number of rotatable bonds is 10. The number of hydrogen-bond donors (Lipinski definition) is 4. The minimum absolute atomic E-state index is 0.162. The van der Waals surface area contributed by atoms with E-state index in [-0.39, 0.29) is 5.92 Å². The number of hydrogen-bond acceptors (Lipinski definition) is 7. The van der Waals surface area contributed by atoms with Crippen molar-refractivity contribution in [2.45, 2.75) is 50.5 Å². The molecule has 3 atom stereocenters. The predicted octanol–water partition coefficient (Wildman–Crippen LogP) is 2.83. The van der Waals surface area contributed by atoms with Crippen LogP contribution in [0.25, 0.3) is 11.3 Å². The van der Waals surface area contributed by atoms with E-state index in [1.165, 1.54) is 0 Å². The third kappa shape index (κ3) is 4.79. The molecule has 3 aromatic rings. The number of aliphatic hydroxyl groups is 1. The van der Waals surface area contributed by atoms with Crippen LogP contribution in [0.3, 0.4) is 0 Å². The van der Waals surface area contributed by atoms with Crippen LogP contribution in [0, 0.1) is 5.92 Å². The topological polar surface area (TPSA) is 137 Å². The molecule has 1 aliphatic rings. The lowest BCUT2D eigenvalue weighted by molar-refractivity contribution is -0.143. The first-order valence-electron chi connectivity index (χ1n) is 11.4. The normalized spacial score (nSPS) is 17.7. The van der Waals surface area contributed by atoms with Crippen molar-refractivity contribution in [1.82, 2.24) is 30.9 Å². The first-order chi connectivity index (χ1) is 15.9. The van der Waals surface area contributed by atoms with Crippen LogP contribution in [0.2, 0.25) is 0 Å². The van der Waals surface area contributed by atoms with E-state index in [1.807, 2.05) is 50.2 Å². The summed E-state index contributed by atoms with van der Waals surface area (Å²) in [5.74, 6) is -1.63. The predicted molar refractivity (Wildman–Crippen MR) is 122 cm³/mol. The fourth-order valence-corrected chi connectivity index (χ4v) is 4.51. The van der Waals surface area contributed by atoms with E-state index in [0.29, 0.717) is 25.3 Å². The molecule has 4 N–H and O–H groups in total. The lowest BCUT2D eigenvalue weighted by Gasteiger charge is -2.38. The standard InChI is InChI=1S/C24H30N6O3/c1-3-4-5-19(23(31)32)21(22-27-29-30-28-22)15(2)17-8-11-20(26-12-17)16-6-9-18(10-7-16)24(33)13-25-14-24/h6-12,15,19,21,25,33H,3-5,13-14H2,1-2H3,(H,31,32)(H,27,28,29,30). The smallest absolute Gasteiger partial charge is 0.307 e. The maximum atomic E-state index is 12.1. The summed E-state index contributed by atoms with van der Waals surface area (Å²) < 4.78 is 0. The van der Waals surface area contributed by atoms with Crippen LogP contribution >= 0.6 is 0 Å². The summed E-state index contributed by atoms with van der Waals surface area (Å²) in [5, 5.41) is 37.9. The zero-order valence-corrected chi connectivity index (χ0v) is 18.9. The number of β-amino-alcohol motifs (C(OH)–C–C–N with tert-alkyl or cyclic N) is 1. The molecule has 9 heteroatoms. The summed E-state index contributed by atoms with van der Waals surface area (Å²) in [6, 6.07) is 11.7. The van der Waals surface area contributed by atoms with Crippen molar-refractivity contribution in [2.75, 3.05) is 13.1 Å². The lowest BCUT2D eigenvalue weighted by atomic mass is 9.76. The summed E-state index contributed by atoms with van der Waals surface area (Å²) in [7, 11) is 0. The molecule has 0 spiro atoms. The van der Waals surface area contributed by atoms with Crippen molar-refractivity contribution >= 4 is 5.97 Å². The highest BCUT2D eigenvalue weighted by Crippen LogP contribution is 2.39. The van der Waals surface area contributed by atoms with Crippen molar-refractivity contribution in [3.8, 4) is 11.3 Å². The van der Waals surface area contributed by atoms with E-state index in [0.717, 1.165) is 35.2 Å². The molecule has 2 aromatic heterocycles. The van der Waals surface area contributed by atoms with Crippen LogP contribution in [-0.4, -0.2) is 54.9 Å². The third-order valence-corrected chi connectivity index (χ3v) is 6.68. The number of carbonyl (C=O) groups is 1. The van der Waals surface area contributed by atoms with Gasteiger partial charge in [-0.25, -0.2) is 0 Å². The highest BCUT2D eigenvalue weighted by molar-refractivity contribution is 5.71. The number of aliphatic carboxylic acids is 1. The van der Waals surface area contributed by atoms with Crippen LogP contribution in [0.5, 0.6) is 0 Å². The number of benzene rings is 1. The number of pyridine rings is 1. The van der Waals surface area contributed by atoms with E-state index >= 15 is 0 Å². The van der Waals surface area contributed by atoms with Gasteiger partial charge in [0.25, 0.3) is 0 Å². The number of nitrogens with zero attached hydrogens (tertiary/aromatic N) is 4. The van der Waals surface area contributed by atoms with Crippen LogP contribution in [0.4, 0.5) is 0 Å². The second-order valence-corrected chi connectivity index (χ2v) is 8.86. The molecule has 3 unspecified atom stereocenters. The zero-order valence-electron chi connectivity index (χ0n) is 18.9. The Labute approximate surface area is 192 Å². The summed E-state index contributed by atoms with van der Waals surface area (Å²) in [6.07, 6.45) is 4.08. The molecule has 0 amide bonds. The van der Waals surface area contributed by atoms with Crippen LogP contribution in [0.1, 0.15) is 61.9 Å². The summed E-state index contributed by atoms with van der Waals surface area (Å²) in [4.78, 5) is 16.8. The molecule has 0 bridgehead atoms. The molecule has 4 rings (SSSR count).